The van der Waals surface area contributed by atoms with E-state index in [1.807, 2.05) is 0 Å². The van der Waals surface area contributed by atoms with Crippen LogP contribution in [0, 0.1) is 0 Å². The largest absolute Gasteiger partial charge is 0.509 e. The number of benzene rings is 1. The van der Waals surface area contributed by atoms with Gasteiger partial charge in [-0.2, -0.15) is 0 Å². The van der Waals surface area contributed by atoms with Gasteiger partial charge in [0.25, 0.3) is 0 Å². The first-order chi connectivity index (χ1) is 6.36. The molecule has 0 aliphatic rings. The molecule has 1 aromatic carbocycles. The van der Waals surface area contributed by atoms with E-state index in [1.54, 1.807) is 0 Å². The minimum Gasteiger partial charge on any atom is -0.494 e. The highest BCUT2D eigenvalue weighted by Gasteiger charge is 2.27. The highest BCUT2D eigenvalue weighted by Crippen LogP contribution is 2.32. The Bertz CT molecular complexity index is 330. The van der Waals surface area contributed by atoms with Crippen molar-refractivity contribution >= 4 is 35.6 Å². The second-order valence-electron chi connectivity index (χ2n) is 2.59. The van der Waals surface area contributed by atoms with Gasteiger partial charge in [0.2, 0.25) is 0 Å². The molecule has 0 heterocycles. The Balaban J connectivity index is 3.28. The van der Waals surface area contributed by atoms with Crippen LogP contribution in [0.1, 0.15) is 0 Å². The summed E-state index contributed by atoms with van der Waals surface area (Å²) in [6, 6.07) is 1.60. The van der Waals surface area contributed by atoms with Crippen LogP contribution in [0.3, 0.4) is 0 Å². The summed E-state index contributed by atoms with van der Waals surface area (Å²) in [7, 11) is 1.28. The molecule has 7 heteroatoms. The normalized spacial score (nSPS) is 11.6. The lowest BCUT2D eigenvalue weighted by atomic mass is 9.80. The molecule has 1 rings (SSSR count). The van der Waals surface area contributed by atoms with Crippen molar-refractivity contribution in [3.63, 3.8) is 0 Å². The predicted octanol–water partition coefficient (Wildman–Crippen LogP) is 3.06. The SMILES string of the molecule is COc1c(Cl)cc([B-](F)(F)F)cc1Cl. The number of hydrogen-bond acceptors (Lipinski definition) is 1. The van der Waals surface area contributed by atoms with E-state index in [0.29, 0.717) is 0 Å². The fourth-order valence-electron chi connectivity index (χ4n) is 0.963. The first-order valence-electron chi connectivity index (χ1n) is 3.59. The van der Waals surface area contributed by atoms with Crippen molar-refractivity contribution in [3.8, 4) is 5.75 Å². The maximum atomic E-state index is 12.3. The van der Waals surface area contributed by atoms with Crippen molar-refractivity contribution in [2.45, 2.75) is 0 Å². The molecule has 0 saturated carbocycles. The van der Waals surface area contributed by atoms with E-state index in [-0.39, 0.29) is 15.8 Å². The molecule has 0 radical (unpaired) electrons. The maximum Gasteiger partial charge on any atom is 0.509 e. The van der Waals surface area contributed by atoms with Gasteiger partial charge in [-0.25, -0.2) is 0 Å². The van der Waals surface area contributed by atoms with Crippen molar-refractivity contribution < 1.29 is 17.7 Å². The molecule has 0 spiro atoms. The molecule has 0 aliphatic heterocycles. The minimum absolute atomic E-state index is 0.0529. The van der Waals surface area contributed by atoms with Gasteiger partial charge in [0.1, 0.15) is 0 Å². The topological polar surface area (TPSA) is 9.23 Å². The van der Waals surface area contributed by atoms with Gasteiger partial charge in [0.05, 0.1) is 17.2 Å². The number of hydrogen-bond donors (Lipinski definition) is 0. The van der Waals surface area contributed by atoms with Crippen molar-refractivity contribution in [1.29, 1.82) is 0 Å². The van der Waals surface area contributed by atoms with E-state index in [9.17, 15) is 12.9 Å². The van der Waals surface area contributed by atoms with Gasteiger partial charge in [-0.3, -0.25) is 0 Å². The molecule has 0 aromatic heterocycles. The Morgan fingerprint density at radius 1 is 1.14 bits per heavy atom. The van der Waals surface area contributed by atoms with Crippen LogP contribution in [0.25, 0.3) is 0 Å². The fraction of sp³-hybridized carbons (Fsp3) is 0.143. The summed E-state index contributed by atoms with van der Waals surface area (Å²) in [5.41, 5.74) is -0.833. The monoisotopic (exact) mass is 243 g/mol. The van der Waals surface area contributed by atoms with E-state index < -0.39 is 12.4 Å². The molecule has 0 atom stereocenters. The molecular formula is C7H5BCl2F3O-. The summed E-state index contributed by atoms with van der Waals surface area (Å²) in [5, 5.41) is -0.289. The van der Waals surface area contributed by atoms with Crippen molar-refractivity contribution in [2.24, 2.45) is 0 Å². The lowest BCUT2D eigenvalue weighted by Crippen LogP contribution is -2.33. The van der Waals surface area contributed by atoms with E-state index in [2.05, 4.69) is 0 Å². The van der Waals surface area contributed by atoms with Crippen molar-refractivity contribution in [1.82, 2.24) is 0 Å². The molecule has 0 unspecified atom stereocenters. The quantitative estimate of drug-likeness (QED) is 0.726. The molecule has 0 saturated heterocycles. The van der Waals surface area contributed by atoms with Crippen molar-refractivity contribution in [3.05, 3.63) is 22.2 Å². The third-order valence-electron chi connectivity index (χ3n) is 1.60. The number of rotatable bonds is 2. The van der Waals surface area contributed by atoms with Crippen LogP contribution in [-0.2, 0) is 0 Å². The first kappa shape index (κ1) is 11.5. The van der Waals surface area contributed by atoms with Crippen LogP contribution in [0.15, 0.2) is 12.1 Å². The summed E-state index contributed by atoms with van der Waals surface area (Å²) in [5.74, 6) is 0.0529. The Labute approximate surface area is 88.8 Å². The molecular weight excluding hydrogens is 239 g/mol. The molecule has 0 amide bonds. The fourth-order valence-corrected chi connectivity index (χ4v) is 1.62. The van der Waals surface area contributed by atoms with E-state index in [1.165, 1.54) is 7.11 Å². The first-order valence-corrected chi connectivity index (χ1v) is 4.34. The average molecular weight is 244 g/mol. The molecule has 0 fully saturated rings. The van der Waals surface area contributed by atoms with Gasteiger partial charge in [-0.15, -0.1) is 5.46 Å². The Kier molecular flexibility index (Phi) is 3.22. The second kappa shape index (κ2) is 3.91. The van der Waals surface area contributed by atoms with Crippen LogP contribution in [-0.4, -0.2) is 14.1 Å². The zero-order chi connectivity index (χ0) is 10.9. The highest BCUT2D eigenvalue weighted by molar-refractivity contribution is 6.74. The van der Waals surface area contributed by atoms with Crippen LogP contribution in [0.2, 0.25) is 10.0 Å². The third kappa shape index (κ3) is 2.28. The van der Waals surface area contributed by atoms with Crippen LogP contribution < -0.4 is 10.2 Å². The number of ether oxygens (including phenoxy) is 1. The van der Waals surface area contributed by atoms with E-state index in [0.717, 1.165) is 12.1 Å². The van der Waals surface area contributed by atoms with Gasteiger partial charge in [0.15, 0.2) is 5.75 Å². The molecule has 0 aliphatic carbocycles. The number of halogens is 5. The van der Waals surface area contributed by atoms with Crippen molar-refractivity contribution in [2.75, 3.05) is 7.11 Å². The smallest absolute Gasteiger partial charge is 0.494 e. The second-order valence-corrected chi connectivity index (χ2v) is 3.41. The number of methoxy groups -OCH3 is 1. The minimum atomic E-state index is -5.09. The van der Waals surface area contributed by atoms with Gasteiger partial charge in [-0.1, -0.05) is 35.3 Å². The Hall–Kier alpha value is -0.545. The molecule has 1 nitrogen and oxygen atoms in total. The summed E-state index contributed by atoms with van der Waals surface area (Å²) in [4.78, 5) is 0. The van der Waals surface area contributed by atoms with Crippen LogP contribution in [0.4, 0.5) is 12.9 Å². The van der Waals surface area contributed by atoms with E-state index >= 15 is 0 Å². The van der Waals surface area contributed by atoms with Gasteiger partial charge in [-0.05, 0) is 0 Å². The highest BCUT2D eigenvalue weighted by atomic mass is 35.5. The predicted molar refractivity (Wildman–Crippen MR) is 51.7 cm³/mol. The maximum absolute atomic E-state index is 12.3. The Morgan fingerprint density at radius 2 is 1.57 bits per heavy atom. The van der Waals surface area contributed by atoms with Crippen LogP contribution in [0.5, 0.6) is 5.75 Å². The zero-order valence-electron chi connectivity index (χ0n) is 7.03. The third-order valence-corrected chi connectivity index (χ3v) is 2.16. The van der Waals surface area contributed by atoms with E-state index in [4.69, 9.17) is 27.9 Å². The molecule has 0 N–H and O–H groups in total. The molecule has 14 heavy (non-hydrogen) atoms. The van der Waals surface area contributed by atoms with Gasteiger partial charge < -0.3 is 17.7 Å². The van der Waals surface area contributed by atoms with Crippen LogP contribution >= 0.6 is 23.2 Å². The summed E-state index contributed by atoms with van der Waals surface area (Å²) >= 11 is 11.1. The molecule has 0 bridgehead atoms. The summed E-state index contributed by atoms with van der Waals surface area (Å²) < 4.78 is 41.6. The molecule has 78 valence electrons. The average Bonchev–Trinajstić information content (AvgIpc) is 2.01. The summed E-state index contributed by atoms with van der Waals surface area (Å²) in [6.07, 6.45) is 0. The Morgan fingerprint density at radius 3 is 1.86 bits per heavy atom. The standard InChI is InChI=1S/C7H5BCl2F3O/c1-14-7-5(9)2-4(3-6(7)10)8(11,12)13/h2-3H,1H3/q-1. The van der Waals surface area contributed by atoms with Gasteiger partial charge in [0, 0.05) is 0 Å². The lowest BCUT2D eigenvalue weighted by molar-refractivity contribution is 0.415. The van der Waals surface area contributed by atoms with Gasteiger partial charge >= 0.3 is 6.98 Å². The molecule has 1 aromatic rings. The lowest BCUT2D eigenvalue weighted by Gasteiger charge is -2.17. The zero-order valence-corrected chi connectivity index (χ0v) is 8.54. The summed E-state index contributed by atoms with van der Waals surface area (Å²) in [6.45, 7) is -5.09.